The topological polar surface area (TPSA) is 72.7 Å². The van der Waals surface area contributed by atoms with E-state index in [4.69, 9.17) is 32.9 Å². The van der Waals surface area contributed by atoms with Crippen molar-refractivity contribution in [3.8, 4) is 5.75 Å². The van der Waals surface area contributed by atoms with E-state index in [9.17, 15) is 9.59 Å². The zero-order valence-electron chi connectivity index (χ0n) is 23.6. The smallest absolute Gasteiger partial charge is 0.271 e. The molecule has 0 saturated heterocycles. The SMILES string of the molecule is CC1=C(C(=O)Nc2ccccc2)[C@@H](c2ccc(Cl)cc2)n2c(s/c(=C\c3cc(I)c(OCc4ccccc4Cl)c(I)c3)c2=O)=N1. The minimum Gasteiger partial charge on any atom is -0.487 e. The Kier molecular flexibility index (Phi) is 9.81. The normalized spacial score (nSPS) is 14.6. The standard InChI is InChI=1S/C34H23Cl2I2N3O3S/c1-19-29(32(42)40-24-8-3-2-4-9-24)30(21-11-13-23(35)14-12-21)41-33(43)28(45-34(41)39-19)17-20-15-26(37)31(27(38)16-20)44-18-22-7-5-6-10-25(22)36/h2-17,30H,18H2,1H3,(H,40,42)/b28-17-/t30-/m1/s1. The minimum atomic E-state index is -0.690. The average Bonchev–Trinajstić information content (AvgIpc) is 3.31. The second-order valence-electron chi connectivity index (χ2n) is 10.1. The van der Waals surface area contributed by atoms with Gasteiger partial charge in [-0.15, -0.1) is 0 Å². The van der Waals surface area contributed by atoms with E-state index >= 15 is 0 Å². The quantitative estimate of drug-likeness (QED) is 0.169. The van der Waals surface area contributed by atoms with Gasteiger partial charge in [0.25, 0.3) is 11.5 Å². The number of nitrogens with zero attached hydrogens (tertiary/aromatic N) is 2. The van der Waals surface area contributed by atoms with Crippen molar-refractivity contribution in [2.75, 3.05) is 5.32 Å². The van der Waals surface area contributed by atoms with Crippen molar-refractivity contribution >= 4 is 97.4 Å². The lowest BCUT2D eigenvalue weighted by atomic mass is 9.95. The number of rotatable bonds is 7. The van der Waals surface area contributed by atoms with Crippen LogP contribution in [-0.4, -0.2) is 10.5 Å². The molecular weight excluding hydrogens is 855 g/mol. The highest BCUT2D eigenvalue weighted by Gasteiger charge is 2.32. The molecule has 226 valence electrons. The predicted octanol–water partition coefficient (Wildman–Crippen LogP) is 7.97. The number of amides is 1. The molecule has 0 aliphatic carbocycles. The molecule has 0 saturated carbocycles. The number of carbonyl (C=O) groups is 1. The van der Waals surface area contributed by atoms with Crippen molar-refractivity contribution in [2.24, 2.45) is 4.99 Å². The van der Waals surface area contributed by atoms with Crippen LogP contribution in [0.5, 0.6) is 5.75 Å². The van der Waals surface area contributed by atoms with E-state index in [1.807, 2.05) is 84.9 Å². The number of aromatic nitrogens is 1. The summed E-state index contributed by atoms with van der Waals surface area (Å²) in [4.78, 5) is 33.1. The molecule has 4 aromatic carbocycles. The van der Waals surface area contributed by atoms with E-state index in [-0.39, 0.29) is 11.5 Å². The third-order valence-electron chi connectivity index (χ3n) is 7.13. The van der Waals surface area contributed by atoms with E-state index in [0.29, 0.717) is 42.9 Å². The number of ether oxygens (including phenoxy) is 1. The van der Waals surface area contributed by atoms with Gasteiger partial charge >= 0.3 is 0 Å². The summed E-state index contributed by atoms with van der Waals surface area (Å²) in [5.41, 5.74) is 3.85. The molecule has 0 radical (unpaired) electrons. The number of thiazole rings is 1. The first-order valence-corrected chi connectivity index (χ1v) is 17.4. The van der Waals surface area contributed by atoms with Gasteiger partial charge in [0.2, 0.25) is 0 Å². The van der Waals surface area contributed by atoms with Gasteiger partial charge in [0.1, 0.15) is 12.4 Å². The highest BCUT2D eigenvalue weighted by atomic mass is 127. The molecule has 1 amide bonds. The number of carbonyl (C=O) groups excluding carboxylic acids is 1. The van der Waals surface area contributed by atoms with E-state index in [2.05, 4.69) is 50.5 Å². The van der Waals surface area contributed by atoms with E-state index in [0.717, 1.165) is 29.6 Å². The number of hydrogen-bond acceptors (Lipinski definition) is 5. The highest BCUT2D eigenvalue weighted by Crippen LogP contribution is 2.33. The van der Waals surface area contributed by atoms with Gasteiger partial charge in [-0.2, -0.15) is 0 Å². The molecule has 1 N–H and O–H groups in total. The van der Waals surface area contributed by atoms with Crippen molar-refractivity contribution in [1.82, 2.24) is 4.57 Å². The minimum absolute atomic E-state index is 0.236. The Bertz CT molecular complexity index is 2120. The first-order chi connectivity index (χ1) is 21.7. The summed E-state index contributed by atoms with van der Waals surface area (Å²) in [5.74, 6) is 0.426. The Morgan fingerprint density at radius 2 is 1.67 bits per heavy atom. The fourth-order valence-electron chi connectivity index (χ4n) is 5.01. The second-order valence-corrected chi connectivity index (χ2v) is 14.3. The lowest BCUT2D eigenvalue weighted by molar-refractivity contribution is -0.113. The zero-order valence-corrected chi connectivity index (χ0v) is 30.2. The maximum absolute atomic E-state index is 14.1. The molecule has 0 fully saturated rings. The fraction of sp³-hybridized carbons (Fsp3) is 0.0882. The van der Waals surface area contributed by atoms with Gasteiger partial charge in [0.15, 0.2) is 4.80 Å². The van der Waals surface area contributed by atoms with Crippen LogP contribution in [0.1, 0.15) is 29.7 Å². The van der Waals surface area contributed by atoms with Gasteiger partial charge in [-0.25, -0.2) is 4.99 Å². The van der Waals surface area contributed by atoms with Crippen molar-refractivity contribution in [1.29, 1.82) is 0 Å². The molecule has 0 unspecified atom stereocenters. The van der Waals surface area contributed by atoms with Gasteiger partial charge in [-0.3, -0.25) is 14.2 Å². The van der Waals surface area contributed by atoms with Gasteiger partial charge in [0.05, 0.1) is 29.0 Å². The maximum atomic E-state index is 14.1. The molecule has 5 aromatic rings. The first-order valence-electron chi connectivity index (χ1n) is 13.7. The molecule has 45 heavy (non-hydrogen) atoms. The Labute approximate surface area is 300 Å². The van der Waals surface area contributed by atoms with Crippen LogP contribution in [0.2, 0.25) is 10.0 Å². The molecule has 1 atom stereocenters. The molecule has 1 aliphatic rings. The molecule has 6 nitrogen and oxygen atoms in total. The average molecular weight is 878 g/mol. The number of anilines is 1. The summed E-state index contributed by atoms with van der Waals surface area (Å²) in [6.45, 7) is 2.14. The summed E-state index contributed by atoms with van der Waals surface area (Å²) < 4.78 is 10.1. The van der Waals surface area contributed by atoms with Crippen molar-refractivity contribution in [3.63, 3.8) is 0 Å². The number of allylic oxidation sites excluding steroid dienone is 1. The number of para-hydroxylation sites is 1. The van der Waals surface area contributed by atoms with Crippen LogP contribution in [0.15, 0.2) is 112 Å². The Morgan fingerprint density at radius 1 is 1.00 bits per heavy atom. The van der Waals surface area contributed by atoms with Gasteiger partial charge in [-0.05, 0) is 112 Å². The molecule has 1 aliphatic heterocycles. The molecular formula is C34H23Cl2I2N3O3S. The van der Waals surface area contributed by atoms with Crippen LogP contribution in [0, 0.1) is 7.14 Å². The van der Waals surface area contributed by atoms with E-state index in [1.54, 1.807) is 23.6 Å². The second kappa shape index (κ2) is 13.8. The van der Waals surface area contributed by atoms with Crippen molar-refractivity contribution in [2.45, 2.75) is 19.6 Å². The molecule has 11 heteroatoms. The monoisotopic (exact) mass is 877 g/mol. The highest BCUT2D eigenvalue weighted by molar-refractivity contribution is 14.1. The number of fused-ring (bicyclic) bond motifs is 1. The molecule has 2 heterocycles. The Balaban J connectivity index is 1.39. The number of halogens is 4. The van der Waals surface area contributed by atoms with Crippen LogP contribution < -0.4 is 24.9 Å². The molecule has 1 aromatic heterocycles. The third-order valence-corrected chi connectivity index (χ3v) is 10.3. The summed E-state index contributed by atoms with van der Waals surface area (Å²) in [5, 5.41) is 4.18. The largest absolute Gasteiger partial charge is 0.487 e. The Hall–Kier alpha value is -2.97. The third kappa shape index (κ3) is 6.92. The van der Waals surface area contributed by atoms with Crippen LogP contribution in [0.25, 0.3) is 6.08 Å². The van der Waals surface area contributed by atoms with Crippen LogP contribution in [0.4, 0.5) is 5.69 Å². The van der Waals surface area contributed by atoms with E-state index < -0.39 is 6.04 Å². The Morgan fingerprint density at radius 3 is 2.36 bits per heavy atom. The van der Waals surface area contributed by atoms with Crippen molar-refractivity contribution in [3.05, 3.63) is 156 Å². The lowest BCUT2D eigenvalue weighted by Gasteiger charge is -2.25. The lowest BCUT2D eigenvalue weighted by Crippen LogP contribution is -2.40. The number of benzene rings is 4. The zero-order chi connectivity index (χ0) is 31.7. The summed E-state index contributed by atoms with van der Waals surface area (Å²) in [6.07, 6.45) is 1.86. The molecule has 0 spiro atoms. The molecule has 0 bridgehead atoms. The van der Waals surface area contributed by atoms with Crippen LogP contribution in [0.3, 0.4) is 0 Å². The summed E-state index contributed by atoms with van der Waals surface area (Å²) in [6, 6.07) is 27.3. The number of hydrogen-bond donors (Lipinski definition) is 1. The maximum Gasteiger partial charge on any atom is 0.271 e. The summed E-state index contributed by atoms with van der Waals surface area (Å²) in [7, 11) is 0. The van der Waals surface area contributed by atoms with E-state index in [1.165, 1.54) is 11.3 Å². The van der Waals surface area contributed by atoms with Gasteiger partial charge in [0, 0.05) is 21.3 Å². The van der Waals surface area contributed by atoms with Gasteiger partial charge in [-0.1, -0.05) is 83.1 Å². The van der Waals surface area contributed by atoms with Crippen LogP contribution >= 0.6 is 79.7 Å². The predicted molar refractivity (Wildman–Crippen MR) is 198 cm³/mol. The summed E-state index contributed by atoms with van der Waals surface area (Å²) >= 11 is 18.3. The number of nitrogens with one attached hydrogen (secondary N) is 1. The van der Waals surface area contributed by atoms with Gasteiger partial charge < -0.3 is 10.1 Å². The fourth-order valence-corrected chi connectivity index (χ4v) is 8.50. The van der Waals surface area contributed by atoms with Crippen LogP contribution in [-0.2, 0) is 11.4 Å². The first kappa shape index (κ1) is 32.0. The molecule has 6 rings (SSSR count). The van der Waals surface area contributed by atoms with Crippen molar-refractivity contribution < 1.29 is 9.53 Å².